The molecule has 0 aromatic carbocycles. The second-order valence-corrected chi connectivity index (χ2v) is 6.70. The van der Waals surface area contributed by atoms with Crippen molar-refractivity contribution in [2.45, 2.75) is 13.8 Å². The monoisotopic (exact) mass is 382 g/mol. The highest BCUT2D eigenvalue weighted by Crippen LogP contribution is 2.29. The topological polar surface area (TPSA) is 50.2 Å². The summed E-state index contributed by atoms with van der Waals surface area (Å²) in [5.74, 6) is 2.27. The fourth-order valence-corrected chi connectivity index (χ4v) is 4.01. The average Bonchev–Trinajstić information content (AvgIpc) is 3.21. The predicted molar refractivity (Wildman–Crippen MR) is 103 cm³/mol. The first kappa shape index (κ1) is 19.8. The number of amides is 1. The highest BCUT2D eigenvalue weighted by molar-refractivity contribution is 5.96. The molecule has 25 heavy (non-hydrogen) atoms. The lowest BCUT2D eigenvalue weighted by Gasteiger charge is -2.17. The van der Waals surface area contributed by atoms with Gasteiger partial charge in [0.1, 0.15) is 5.82 Å². The van der Waals surface area contributed by atoms with Crippen molar-refractivity contribution in [3.63, 3.8) is 0 Å². The van der Waals surface area contributed by atoms with Crippen LogP contribution in [-0.2, 0) is 0 Å². The lowest BCUT2D eigenvalue weighted by atomic mass is 10.0. The molecule has 2 atom stereocenters. The Morgan fingerprint density at radius 2 is 1.84 bits per heavy atom. The first-order valence-electron chi connectivity index (χ1n) is 8.25. The van der Waals surface area contributed by atoms with E-state index in [1.165, 1.54) is 0 Å². The van der Waals surface area contributed by atoms with E-state index < -0.39 is 0 Å². The van der Waals surface area contributed by atoms with Gasteiger partial charge in [-0.15, -0.1) is 24.8 Å². The molecule has 4 rings (SSSR count). The fraction of sp³-hybridized carbons (Fsp3) is 0.444. The molecule has 0 unspecified atom stereocenters. The molecule has 0 spiro atoms. The van der Waals surface area contributed by atoms with Gasteiger partial charge in [-0.3, -0.25) is 4.79 Å². The number of pyridine rings is 1. The molecule has 1 amide bonds. The summed E-state index contributed by atoms with van der Waals surface area (Å²) in [6.07, 6.45) is 1.78. The van der Waals surface area contributed by atoms with Crippen molar-refractivity contribution in [3.05, 3.63) is 47.4 Å². The van der Waals surface area contributed by atoms with Crippen molar-refractivity contribution in [3.8, 4) is 5.82 Å². The Morgan fingerprint density at radius 3 is 2.44 bits per heavy atom. The van der Waals surface area contributed by atoms with Gasteiger partial charge in [-0.2, -0.15) is 0 Å². The second kappa shape index (κ2) is 7.77. The van der Waals surface area contributed by atoms with Crippen LogP contribution in [0.15, 0.2) is 30.5 Å². The van der Waals surface area contributed by atoms with Crippen molar-refractivity contribution < 1.29 is 4.79 Å². The van der Waals surface area contributed by atoms with Gasteiger partial charge >= 0.3 is 0 Å². The van der Waals surface area contributed by atoms with Gasteiger partial charge < -0.3 is 14.8 Å². The third-order valence-corrected chi connectivity index (χ3v) is 5.22. The first-order chi connectivity index (χ1) is 11.1. The predicted octanol–water partition coefficient (Wildman–Crippen LogP) is 2.62. The Morgan fingerprint density at radius 1 is 1.16 bits per heavy atom. The maximum Gasteiger partial charge on any atom is 0.255 e. The molecular formula is C18H24Cl2N4O. The van der Waals surface area contributed by atoms with Crippen molar-refractivity contribution >= 4 is 30.7 Å². The summed E-state index contributed by atoms with van der Waals surface area (Å²) >= 11 is 0. The number of fused-ring (bicyclic) bond motifs is 1. The number of aromatic nitrogens is 2. The lowest BCUT2D eigenvalue weighted by Crippen LogP contribution is -2.32. The molecule has 2 aromatic rings. The highest BCUT2D eigenvalue weighted by Gasteiger charge is 2.38. The van der Waals surface area contributed by atoms with E-state index in [0.29, 0.717) is 11.8 Å². The van der Waals surface area contributed by atoms with Gasteiger partial charge in [0.2, 0.25) is 0 Å². The molecule has 2 aliphatic rings. The number of rotatable bonds is 2. The van der Waals surface area contributed by atoms with Gasteiger partial charge in [0.25, 0.3) is 5.91 Å². The zero-order valence-electron chi connectivity index (χ0n) is 14.4. The second-order valence-electron chi connectivity index (χ2n) is 6.70. The molecule has 1 N–H and O–H groups in total. The van der Waals surface area contributed by atoms with Crippen LogP contribution in [-0.4, -0.2) is 46.5 Å². The number of carbonyl (C=O) groups is 1. The largest absolute Gasteiger partial charge is 0.338 e. The summed E-state index contributed by atoms with van der Waals surface area (Å²) < 4.78 is 2.06. The van der Waals surface area contributed by atoms with Crippen molar-refractivity contribution in [1.82, 2.24) is 19.8 Å². The lowest BCUT2D eigenvalue weighted by molar-refractivity contribution is 0.0781. The Kier molecular flexibility index (Phi) is 6.14. The van der Waals surface area contributed by atoms with E-state index in [1.807, 2.05) is 43.0 Å². The molecule has 0 aliphatic carbocycles. The van der Waals surface area contributed by atoms with E-state index >= 15 is 0 Å². The summed E-state index contributed by atoms with van der Waals surface area (Å²) in [4.78, 5) is 19.4. The van der Waals surface area contributed by atoms with E-state index in [9.17, 15) is 4.79 Å². The van der Waals surface area contributed by atoms with Gasteiger partial charge in [0, 0.05) is 43.8 Å². The standard InChI is InChI=1S/C18H22N4O.2ClH/c1-12-7-16(13(2)22(12)17-5-3-4-6-20-17)18(23)21-10-14-8-19-9-15(14)11-21;;/h3-7,14-15,19H,8-11H2,1-2H3;2*1H/t14-,15+;;. The van der Waals surface area contributed by atoms with E-state index in [-0.39, 0.29) is 30.7 Å². The van der Waals surface area contributed by atoms with Crippen LogP contribution in [0, 0.1) is 25.7 Å². The molecule has 0 bridgehead atoms. The first-order valence-corrected chi connectivity index (χ1v) is 8.25. The number of carbonyl (C=O) groups excluding carboxylic acids is 1. The third-order valence-electron chi connectivity index (χ3n) is 5.22. The molecule has 2 aliphatic heterocycles. The summed E-state index contributed by atoms with van der Waals surface area (Å²) in [5, 5.41) is 3.42. The quantitative estimate of drug-likeness (QED) is 0.868. The minimum atomic E-state index is 0. The van der Waals surface area contributed by atoms with Crippen LogP contribution in [0.1, 0.15) is 21.7 Å². The number of hydrogen-bond donors (Lipinski definition) is 1. The van der Waals surface area contributed by atoms with Crippen LogP contribution in [0.25, 0.3) is 5.82 Å². The Bertz CT molecular complexity index is 735. The van der Waals surface area contributed by atoms with E-state index in [0.717, 1.165) is 48.9 Å². The summed E-state index contributed by atoms with van der Waals surface area (Å²) in [6, 6.07) is 7.84. The molecule has 136 valence electrons. The highest BCUT2D eigenvalue weighted by atomic mass is 35.5. The zero-order valence-corrected chi connectivity index (χ0v) is 16.1. The number of aryl methyl sites for hydroxylation is 1. The van der Waals surface area contributed by atoms with Crippen molar-refractivity contribution in [1.29, 1.82) is 0 Å². The van der Waals surface area contributed by atoms with Crippen LogP contribution >= 0.6 is 24.8 Å². The van der Waals surface area contributed by atoms with Crippen molar-refractivity contribution in [2.24, 2.45) is 11.8 Å². The van der Waals surface area contributed by atoms with E-state index in [4.69, 9.17) is 0 Å². The Hall–Kier alpha value is -1.56. The Labute approximate surface area is 160 Å². The maximum atomic E-state index is 13.0. The maximum absolute atomic E-state index is 13.0. The number of nitrogens with one attached hydrogen (secondary N) is 1. The zero-order chi connectivity index (χ0) is 16.0. The van der Waals surface area contributed by atoms with Crippen LogP contribution in [0.4, 0.5) is 0 Å². The van der Waals surface area contributed by atoms with Crippen molar-refractivity contribution in [2.75, 3.05) is 26.2 Å². The summed E-state index contributed by atoms with van der Waals surface area (Å²) in [6.45, 7) is 7.88. The van der Waals surface area contributed by atoms with Gasteiger partial charge in [0.15, 0.2) is 0 Å². The molecule has 5 nitrogen and oxygen atoms in total. The molecule has 2 saturated heterocycles. The number of nitrogens with zero attached hydrogens (tertiary/aromatic N) is 3. The van der Waals surface area contributed by atoms with Gasteiger partial charge in [-0.1, -0.05) is 6.07 Å². The minimum Gasteiger partial charge on any atom is -0.338 e. The van der Waals surface area contributed by atoms with Gasteiger partial charge in [0.05, 0.1) is 5.56 Å². The van der Waals surface area contributed by atoms with Crippen LogP contribution in [0.5, 0.6) is 0 Å². The molecule has 0 radical (unpaired) electrons. The molecule has 2 aromatic heterocycles. The van der Waals surface area contributed by atoms with E-state index in [2.05, 4.69) is 14.9 Å². The average molecular weight is 383 g/mol. The molecule has 7 heteroatoms. The van der Waals surface area contributed by atoms with Crippen LogP contribution in [0.2, 0.25) is 0 Å². The number of hydrogen-bond acceptors (Lipinski definition) is 3. The molecule has 2 fully saturated rings. The molecular weight excluding hydrogens is 359 g/mol. The van der Waals surface area contributed by atoms with E-state index in [1.54, 1.807) is 6.20 Å². The smallest absolute Gasteiger partial charge is 0.255 e. The normalized spacial score (nSPS) is 21.4. The number of likely N-dealkylation sites (tertiary alicyclic amines) is 1. The minimum absolute atomic E-state index is 0. The van der Waals surface area contributed by atoms with Crippen LogP contribution < -0.4 is 5.32 Å². The van der Waals surface area contributed by atoms with Gasteiger partial charge in [-0.05, 0) is 43.9 Å². The fourth-order valence-electron chi connectivity index (χ4n) is 4.01. The molecule has 4 heterocycles. The van der Waals surface area contributed by atoms with Gasteiger partial charge in [-0.25, -0.2) is 4.98 Å². The SMILES string of the molecule is Cc1cc(C(=O)N2C[C@H]3CNC[C@H]3C2)c(C)n1-c1ccccn1.Cl.Cl. The van der Waals surface area contributed by atoms with Crippen LogP contribution in [0.3, 0.4) is 0 Å². The number of halogens is 2. The third kappa shape index (κ3) is 3.41. The molecule has 0 saturated carbocycles. The summed E-state index contributed by atoms with van der Waals surface area (Å²) in [7, 11) is 0. The Balaban J connectivity index is 0.00000113. The summed E-state index contributed by atoms with van der Waals surface area (Å²) in [5.41, 5.74) is 2.83.